The first kappa shape index (κ1) is 17.3. The molecule has 1 aromatic carbocycles. The summed E-state index contributed by atoms with van der Waals surface area (Å²) in [6, 6.07) is 8.05. The number of hydrogen-bond acceptors (Lipinski definition) is 3. The molecule has 140 valence electrons. The molecule has 1 N–H and O–H groups in total. The minimum absolute atomic E-state index is 0.176. The van der Waals surface area contributed by atoms with Gasteiger partial charge in [-0.25, -0.2) is 0 Å². The zero-order valence-corrected chi connectivity index (χ0v) is 15.5. The summed E-state index contributed by atoms with van der Waals surface area (Å²) in [6.45, 7) is 8.00. The highest BCUT2D eigenvalue weighted by Crippen LogP contribution is 2.38. The number of ether oxygens (including phenoxy) is 1. The van der Waals surface area contributed by atoms with E-state index in [1.165, 1.54) is 6.42 Å². The van der Waals surface area contributed by atoms with E-state index in [4.69, 9.17) is 9.73 Å². The number of aliphatic imine (C=N–C) groups is 1. The van der Waals surface area contributed by atoms with Crippen molar-refractivity contribution >= 4 is 17.6 Å². The van der Waals surface area contributed by atoms with Crippen LogP contribution >= 0.6 is 0 Å². The van der Waals surface area contributed by atoms with E-state index in [1.54, 1.807) is 0 Å². The Morgan fingerprint density at radius 2 is 2.23 bits per heavy atom. The summed E-state index contributed by atoms with van der Waals surface area (Å²) in [5.41, 5.74) is 2.48. The van der Waals surface area contributed by atoms with Gasteiger partial charge in [-0.2, -0.15) is 0 Å². The number of guanidine groups is 1. The average Bonchev–Trinajstić information content (AvgIpc) is 3.35. The fourth-order valence-corrected chi connectivity index (χ4v) is 4.33. The molecule has 4 rings (SSSR count). The standard InChI is InChI=1S/C20H28N4O2/c1-2-21-19(23-10-7-20(14-23)8-12-26-15-20)22-9-11-24-17-6-4-3-5-16(17)13-18(24)25/h3-6H,2,7-15H2,1H3,(H,21,22). The topological polar surface area (TPSA) is 57.2 Å². The van der Waals surface area contributed by atoms with E-state index in [0.29, 0.717) is 24.9 Å². The Morgan fingerprint density at radius 1 is 1.35 bits per heavy atom. The molecular weight excluding hydrogens is 328 g/mol. The van der Waals surface area contributed by atoms with Crippen LogP contribution in [0.1, 0.15) is 25.3 Å². The van der Waals surface area contributed by atoms with Crippen LogP contribution < -0.4 is 10.2 Å². The molecule has 2 fully saturated rings. The minimum atomic E-state index is 0.176. The highest BCUT2D eigenvalue weighted by Gasteiger charge is 2.42. The first-order valence-electron chi connectivity index (χ1n) is 9.70. The van der Waals surface area contributed by atoms with Crippen LogP contribution in [-0.2, 0) is 16.0 Å². The predicted molar refractivity (Wildman–Crippen MR) is 103 cm³/mol. The maximum absolute atomic E-state index is 12.3. The summed E-state index contributed by atoms with van der Waals surface area (Å²) in [5.74, 6) is 1.14. The van der Waals surface area contributed by atoms with Crippen molar-refractivity contribution in [3.63, 3.8) is 0 Å². The van der Waals surface area contributed by atoms with Gasteiger partial charge in [0.1, 0.15) is 0 Å². The van der Waals surface area contributed by atoms with Gasteiger partial charge in [-0.15, -0.1) is 0 Å². The summed E-state index contributed by atoms with van der Waals surface area (Å²) < 4.78 is 5.63. The number of benzene rings is 1. The smallest absolute Gasteiger partial charge is 0.231 e. The van der Waals surface area contributed by atoms with Gasteiger partial charge in [0, 0.05) is 43.9 Å². The van der Waals surface area contributed by atoms with Crippen LogP contribution in [0.2, 0.25) is 0 Å². The van der Waals surface area contributed by atoms with E-state index in [1.807, 2.05) is 29.2 Å². The molecule has 0 bridgehead atoms. The number of carbonyl (C=O) groups excluding carboxylic acids is 1. The van der Waals surface area contributed by atoms with Gasteiger partial charge >= 0.3 is 0 Å². The fourth-order valence-electron chi connectivity index (χ4n) is 4.33. The van der Waals surface area contributed by atoms with Gasteiger partial charge in [-0.05, 0) is 31.4 Å². The molecule has 1 aromatic rings. The lowest BCUT2D eigenvalue weighted by atomic mass is 9.87. The SMILES string of the molecule is CCNC(=NCCN1C(=O)Cc2ccccc21)N1CCC2(CCOC2)C1. The third-order valence-electron chi connectivity index (χ3n) is 5.77. The molecule has 2 saturated heterocycles. The lowest BCUT2D eigenvalue weighted by molar-refractivity contribution is -0.117. The van der Waals surface area contributed by atoms with Gasteiger partial charge in [0.2, 0.25) is 5.91 Å². The Balaban J connectivity index is 1.40. The van der Waals surface area contributed by atoms with Crippen molar-refractivity contribution in [1.29, 1.82) is 0 Å². The van der Waals surface area contributed by atoms with Crippen LogP contribution in [0, 0.1) is 5.41 Å². The lowest BCUT2D eigenvalue weighted by Gasteiger charge is -2.25. The molecule has 3 aliphatic rings. The molecule has 0 radical (unpaired) electrons. The second-order valence-electron chi connectivity index (χ2n) is 7.56. The van der Waals surface area contributed by atoms with Gasteiger partial charge in [0.15, 0.2) is 5.96 Å². The number of para-hydroxylation sites is 1. The number of likely N-dealkylation sites (tertiary alicyclic amines) is 1. The van der Waals surface area contributed by atoms with Crippen molar-refractivity contribution in [2.45, 2.75) is 26.2 Å². The van der Waals surface area contributed by atoms with E-state index in [9.17, 15) is 4.79 Å². The van der Waals surface area contributed by atoms with Gasteiger partial charge < -0.3 is 19.9 Å². The molecule has 0 aromatic heterocycles. The molecule has 0 saturated carbocycles. The van der Waals surface area contributed by atoms with Crippen LogP contribution in [0.25, 0.3) is 0 Å². The molecule has 1 spiro atoms. The highest BCUT2D eigenvalue weighted by molar-refractivity contribution is 6.01. The summed E-state index contributed by atoms with van der Waals surface area (Å²) >= 11 is 0. The Hall–Kier alpha value is -2.08. The molecule has 6 nitrogen and oxygen atoms in total. The number of carbonyl (C=O) groups is 1. The first-order chi connectivity index (χ1) is 12.7. The summed E-state index contributed by atoms with van der Waals surface area (Å²) in [4.78, 5) is 21.3. The fraction of sp³-hybridized carbons (Fsp3) is 0.600. The van der Waals surface area contributed by atoms with Crippen LogP contribution in [0.3, 0.4) is 0 Å². The molecule has 6 heteroatoms. The van der Waals surface area contributed by atoms with Crippen molar-refractivity contribution in [1.82, 2.24) is 10.2 Å². The molecule has 26 heavy (non-hydrogen) atoms. The van der Waals surface area contributed by atoms with Crippen molar-refractivity contribution in [2.24, 2.45) is 10.4 Å². The molecule has 1 unspecified atom stereocenters. The van der Waals surface area contributed by atoms with Crippen molar-refractivity contribution in [2.75, 3.05) is 50.8 Å². The Bertz CT molecular complexity index is 697. The predicted octanol–water partition coefficient (Wildman–Crippen LogP) is 1.65. The molecule has 3 aliphatic heterocycles. The second kappa shape index (κ2) is 7.27. The van der Waals surface area contributed by atoms with Gasteiger partial charge in [-0.1, -0.05) is 18.2 Å². The summed E-state index contributed by atoms with van der Waals surface area (Å²) in [6.07, 6.45) is 2.84. The Labute approximate surface area is 155 Å². The van der Waals surface area contributed by atoms with E-state index in [-0.39, 0.29) is 5.91 Å². The van der Waals surface area contributed by atoms with E-state index < -0.39 is 0 Å². The van der Waals surface area contributed by atoms with Gasteiger partial charge in [-0.3, -0.25) is 9.79 Å². The lowest BCUT2D eigenvalue weighted by Crippen LogP contribution is -2.42. The second-order valence-corrected chi connectivity index (χ2v) is 7.56. The van der Waals surface area contributed by atoms with E-state index in [0.717, 1.165) is 56.5 Å². The number of nitrogens with zero attached hydrogens (tertiary/aromatic N) is 3. The number of nitrogens with one attached hydrogen (secondary N) is 1. The first-order valence-corrected chi connectivity index (χ1v) is 9.70. The Kier molecular flexibility index (Phi) is 4.85. The quantitative estimate of drug-likeness (QED) is 0.658. The number of anilines is 1. The van der Waals surface area contributed by atoms with Crippen LogP contribution in [0.5, 0.6) is 0 Å². The summed E-state index contributed by atoms with van der Waals surface area (Å²) in [5, 5.41) is 3.42. The van der Waals surface area contributed by atoms with Crippen molar-refractivity contribution in [3.05, 3.63) is 29.8 Å². The van der Waals surface area contributed by atoms with Crippen molar-refractivity contribution < 1.29 is 9.53 Å². The minimum Gasteiger partial charge on any atom is -0.381 e. The Morgan fingerprint density at radius 3 is 3.04 bits per heavy atom. The molecule has 0 aliphatic carbocycles. The zero-order valence-electron chi connectivity index (χ0n) is 15.5. The van der Waals surface area contributed by atoms with E-state index >= 15 is 0 Å². The number of fused-ring (bicyclic) bond motifs is 1. The van der Waals surface area contributed by atoms with Crippen LogP contribution in [0.4, 0.5) is 5.69 Å². The zero-order chi connectivity index (χ0) is 18.0. The third-order valence-corrected chi connectivity index (χ3v) is 5.77. The number of amides is 1. The van der Waals surface area contributed by atoms with Gasteiger partial charge in [0.25, 0.3) is 0 Å². The maximum atomic E-state index is 12.3. The number of rotatable bonds is 4. The van der Waals surface area contributed by atoms with Gasteiger partial charge in [0.05, 0.1) is 19.6 Å². The monoisotopic (exact) mass is 356 g/mol. The normalized spacial score (nSPS) is 25.4. The largest absolute Gasteiger partial charge is 0.381 e. The highest BCUT2D eigenvalue weighted by atomic mass is 16.5. The van der Waals surface area contributed by atoms with Crippen LogP contribution in [-0.4, -0.2) is 62.7 Å². The molecular formula is C20H28N4O2. The van der Waals surface area contributed by atoms with E-state index in [2.05, 4.69) is 17.1 Å². The van der Waals surface area contributed by atoms with Crippen LogP contribution in [0.15, 0.2) is 29.3 Å². The number of hydrogen-bond donors (Lipinski definition) is 1. The average molecular weight is 356 g/mol. The molecule has 3 heterocycles. The maximum Gasteiger partial charge on any atom is 0.231 e. The molecule has 1 amide bonds. The summed E-state index contributed by atoms with van der Waals surface area (Å²) in [7, 11) is 0. The molecule has 1 atom stereocenters. The third kappa shape index (κ3) is 3.30. The van der Waals surface area contributed by atoms with Crippen molar-refractivity contribution in [3.8, 4) is 0 Å².